The number of nitrogens with one attached hydrogen (secondary N) is 2. The number of benzene rings is 1. The molecule has 2 amide bonds. The van der Waals surface area contributed by atoms with Crippen molar-refractivity contribution < 1.29 is 14.7 Å². The minimum Gasteiger partial charge on any atom is -0.507 e. The summed E-state index contributed by atoms with van der Waals surface area (Å²) in [6.07, 6.45) is 0.909. The number of aromatic hydroxyl groups is 1. The third-order valence-corrected chi connectivity index (χ3v) is 5.29. The van der Waals surface area contributed by atoms with Gasteiger partial charge in [0.05, 0.1) is 11.1 Å². The number of phenolic OH excluding ortho intramolecular Hbond substituents is 1. The van der Waals surface area contributed by atoms with Gasteiger partial charge >= 0.3 is 0 Å². The van der Waals surface area contributed by atoms with Crippen LogP contribution in [0.3, 0.4) is 0 Å². The molecule has 1 atom stereocenters. The zero-order valence-corrected chi connectivity index (χ0v) is 15.2. The van der Waals surface area contributed by atoms with Crippen molar-refractivity contribution in [1.29, 1.82) is 0 Å². The molecule has 0 aliphatic carbocycles. The Hall–Kier alpha value is -2.09. The Kier molecular flexibility index (Phi) is 5.27. The van der Waals surface area contributed by atoms with Crippen molar-refractivity contribution in [3.63, 3.8) is 0 Å². The monoisotopic (exact) mass is 379 g/mol. The van der Waals surface area contributed by atoms with Crippen LogP contribution in [0.5, 0.6) is 5.75 Å². The zero-order valence-electron chi connectivity index (χ0n) is 13.6. The Morgan fingerprint density at radius 2 is 2.16 bits per heavy atom. The molecule has 2 aromatic rings. The number of hydrogen-bond acceptors (Lipinski definition) is 5. The van der Waals surface area contributed by atoms with Crippen LogP contribution < -0.4 is 10.6 Å². The van der Waals surface area contributed by atoms with Gasteiger partial charge in [-0.05, 0) is 42.6 Å². The van der Waals surface area contributed by atoms with Crippen LogP contribution >= 0.6 is 22.9 Å². The van der Waals surface area contributed by atoms with Crippen LogP contribution in [0.25, 0.3) is 0 Å². The number of hydrogen-bond donors (Lipinski definition) is 3. The van der Waals surface area contributed by atoms with Crippen LogP contribution in [0.2, 0.25) is 5.02 Å². The van der Waals surface area contributed by atoms with Gasteiger partial charge in [-0.1, -0.05) is 11.6 Å². The number of nitrogens with zero attached hydrogens (tertiary/aromatic N) is 1. The van der Waals surface area contributed by atoms with Crippen molar-refractivity contribution >= 4 is 39.8 Å². The zero-order chi connectivity index (χ0) is 18.0. The molecule has 0 saturated carbocycles. The molecule has 132 valence electrons. The fraction of sp³-hybridized carbons (Fsp3) is 0.294. The topological polar surface area (TPSA) is 81.7 Å². The van der Waals surface area contributed by atoms with Gasteiger partial charge in [-0.25, -0.2) is 0 Å². The van der Waals surface area contributed by atoms with Crippen molar-refractivity contribution in [1.82, 2.24) is 10.2 Å². The Morgan fingerprint density at radius 3 is 2.84 bits per heavy atom. The highest BCUT2D eigenvalue weighted by Crippen LogP contribution is 2.28. The maximum Gasteiger partial charge on any atom is 0.260 e. The van der Waals surface area contributed by atoms with Gasteiger partial charge in [0.2, 0.25) is 0 Å². The number of carbonyl (C=O) groups is 2. The molecule has 1 aromatic heterocycles. The highest BCUT2D eigenvalue weighted by atomic mass is 35.5. The third-order valence-electron chi connectivity index (χ3n) is 4.23. The maximum atomic E-state index is 12.7. The van der Waals surface area contributed by atoms with Crippen LogP contribution in [0, 0.1) is 0 Å². The number of amides is 2. The summed E-state index contributed by atoms with van der Waals surface area (Å²) >= 11 is 7.05. The highest BCUT2D eigenvalue weighted by molar-refractivity contribution is 7.14. The van der Waals surface area contributed by atoms with Crippen LogP contribution in [0.4, 0.5) is 5.00 Å². The summed E-state index contributed by atoms with van der Waals surface area (Å²) in [5.41, 5.74) is 0.547. The molecule has 25 heavy (non-hydrogen) atoms. The molecule has 6 nitrogen and oxygen atoms in total. The standard InChI is InChI=1S/C17H18ClN3O3S/c1-21(11-4-6-19-9-11)17(24)13-5-7-25-16(13)20-15(23)12-3-2-10(18)8-14(12)22/h2-3,5,7-8,11,19,22H,4,6,9H2,1H3,(H,20,23). The first-order chi connectivity index (χ1) is 12.0. The average molecular weight is 380 g/mol. The van der Waals surface area contributed by atoms with E-state index in [0.717, 1.165) is 19.5 Å². The van der Waals surface area contributed by atoms with Crippen molar-refractivity contribution in [2.24, 2.45) is 0 Å². The molecule has 1 aromatic carbocycles. The molecule has 0 bridgehead atoms. The van der Waals surface area contributed by atoms with Crippen LogP contribution in [0.15, 0.2) is 29.6 Å². The molecule has 1 aliphatic rings. The minimum atomic E-state index is -0.490. The summed E-state index contributed by atoms with van der Waals surface area (Å²) in [5, 5.41) is 18.4. The lowest BCUT2D eigenvalue weighted by atomic mass is 10.1. The molecule has 0 spiro atoms. The van der Waals surface area contributed by atoms with Crippen molar-refractivity contribution in [2.45, 2.75) is 12.5 Å². The first-order valence-corrected chi connectivity index (χ1v) is 9.08. The number of thiophene rings is 1. The third kappa shape index (κ3) is 3.78. The van der Waals surface area contributed by atoms with E-state index in [4.69, 9.17) is 11.6 Å². The number of phenols is 1. The van der Waals surface area contributed by atoms with E-state index in [0.29, 0.717) is 15.6 Å². The van der Waals surface area contributed by atoms with Crippen LogP contribution in [-0.2, 0) is 0 Å². The summed E-state index contributed by atoms with van der Waals surface area (Å²) in [4.78, 5) is 26.8. The van der Waals surface area contributed by atoms with Gasteiger partial charge in [-0.15, -0.1) is 11.3 Å². The predicted molar refractivity (Wildman–Crippen MR) is 98.8 cm³/mol. The molecule has 1 aliphatic heterocycles. The van der Waals surface area contributed by atoms with Gasteiger partial charge in [0, 0.05) is 24.7 Å². The first-order valence-electron chi connectivity index (χ1n) is 7.82. The van der Waals surface area contributed by atoms with Crippen molar-refractivity contribution in [3.05, 3.63) is 45.8 Å². The fourth-order valence-electron chi connectivity index (χ4n) is 2.77. The normalized spacial score (nSPS) is 16.6. The largest absolute Gasteiger partial charge is 0.507 e. The first kappa shape index (κ1) is 17.7. The molecule has 1 unspecified atom stereocenters. The Morgan fingerprint density at radius 1 is 1.36 bits per heavy atom. The maximum absolute atomic E-state index is 12.7. The molecule has 1 fully saturated rings. The molecule has 0 radical (unpaired) electrons. The molecule has 1 saturated heterocycles. The predicted octanol–water partition coefficient (Wildman–Crippen LogP) is 2.79. The summed E-state index contributed by atoms with van der Waals surface area (Å²) < 4.78 is 0. The second-order valence-corrected chi connectivity index (χ2v) is 7.19. The molecule has 2 heterocycles. The molecule has 3 rings (SSSR count). The van der Waals surface area contributed by atoms with Gasteiger partial charge in [0.1, 0.15) is 10.8 Å². The van der Waals surface area contributed by atoms with Crippen LogP contribution in [0.1, 0.15) is 27.1 Å². The van der Waals surface area contributed by atoms with Gasteiger partial charge < -0.3 is 20.6 Å². The summed E-state index contributed by atoms with van der Waals surface area (Å²) in [5.74, 6) is -0.829. The highest BCUT2D eigenvalue weighted by Gasteiger charge is 2.26. The molecular formula is C17H18ClN3O3S. The second-order valence-electron chi connectivity index (χ2n) is 5.84. The van der Waals surface area contributed by atoms with E-state index in [-0.39, 0.29) is 23.3 Å². The number of anilines is 1. The van der Waals surface area contributed by atoms with E-state index < -0.39 is 5.91 Å². The average Bonchev–Trinajstić information content (AvgIpc) is 3.25. The Balaban J connectivity index is 1.77. The fourth-order valence-corrected chi connectivity index (χ4v) is 3.71. The van der Waals surface area contributed by atoms with E-state index in [1.54, 1.807) is 23.4 Å². The molecule has 3 N–H and O–H groups in total. The minimum absolute atomic E-state index is 0.101. The summed E-state index contributed by atoms with van der Waals surface area (Å²) in [7, 11) is 1.77. The van der Waals surface area contributed by atoms with Crippen molar-refractivity contribution in [3.8, 4) is 5.75 Å². The van der Waals surface area contributed by atoms with Gasteiger partial charge in [0.25, 0.3) is 11.8 Å². The number of carbonyl (C=O) groups excluding carboxylic acids is 2. The smallest absolute Gasteiger partial charge is 0.260 e. The lowest BCUT2D eigenvalue weighted by Crippen LogP contribution is -2.38. The second kappa shape index (κ2) is 7.43. The lowest BCUT2D eigenvalue weighted by molar-refractivity contribution is 0.0745. The van der Waals surface area contributed by atoms with E-state index >= 15 is 0 Å². The quantitative estimate of drug-likeness (QED) is 0.763. The van der Waals surface area contributed by atoms with Crippen LogP contribution in [-0.4, -0.2) is 48.0 Å². The Bertz CT molecular complexity index is 802. The number of rotatable bonds is 4. The van der Waals surface area contributed by atoms with E-state index in [1.165, 1.54) is 29.5 Å². The van der Waals surface area contributed by atoms with E-state index in [1.807, 2.05) is 0 Å². The molecule has 8 heteroatoms. The van der Waals surface area contributed by atoms with Gasteiger partial charge in [-0.3, -0.25) is 9.59 Å². The van der Waals surface area contributed by atoms with Gasteiger partial charge in [-0.2, -0.15) is 0 Å². The number of halogens is 1. The SMILES string of the molecule is CN(C(=O)c1ccsc1NC(=O)c1ccc(Cl)cc1O)C1CCNC1. The summed E-state index contributed by atoms with van der Waals surface area (Å²) in [6, 6.07) is 6.12. The van der Waals surface area contributed by atoms with E-state index in [2.05, 4.69) is 10.6 Å². The van der Waals surface area contributed by atoms with E-state index in [9.17, 15) is 14.7 Å². The molecular weight excluding hydrogens is 362 g/mol. The number of likely N-dealkylation sites (N-methyl/N-ethyl adjacent to an activating group) is 1. The Labute approximate surface area is 154 Å². The van der Waals surface area contributed by atoms with Crippen molar-refractivity contribution in [2.75, 3.05) is 25.5 Å². The lowest BCUT2D eigenvalue weighted by Gasteiger charge is -2.24. The summed E-state index contributed by atoms with van der Waals surface area (Å²) in [6.45, 7) is 1.66. The van der Waals surface area contributed by atoms with Gasteiger partial charge in [0.15, 0.2) is 0 Å².